The number of pyridine rings is 1. The first kappa shape index (κ1) is 24.2. The van der Waals surface area contributed by atoms with Crippen LogP contribution in [0.5, 0.6) is 5.75 Å². The molecule has 8 heteroatoms. The molecule has 35 heavy (non-hydrogen) atoms. The molecule has 4 rings (SSSR count). The number of para-hydroxylation sites is 1. The van der Waals surface area contributed by atoms with Gasteiger partial charge in [0.25, 0.3) is 0 Å². The van der Waals surface area contributed by atoms with E-state index in [2.05, 4.69) is 49.7 Å². The fraction of sp³-hybridized carbons (Fsp3) is 0.296. The Morgan fingerprint density at radius 2 is 1.63 bits per heavy atom. The molecule has 3 aromatic rings. The predicted molar refractivity (Wildman–Crippen MR) is 135 cm³/mol. The van der Waals surface area contributed by atoms with Crippen molar-refractivity contribution in [3.8, 4) is 5.75 Å². The molecule has 1 aliphatic rings. The van der Waals surface area contributed by atoms with E-state index in [9.17, 15) is 9.59 Å². The van der Waals surface area contributed by atoms with Gasteiger partial charge in [-0.05, 0) is 41.5 Å². The van der Waals surface area contributed by atoms with Crippen molar-refractivity contribution in [3.05, 3.63) is 90.3 Å². The van der Waals surface area contributed by atoms with Crippen LogP contribution in [0.3, 0.4) is 0 Å². The lowest BCUT2D eigenvalue weighted by Crippen LogP contribution is -2.50. The van der Waals surface area contributed by atoms with E-state index < -0.39 is 11.8 Å². The van der Waals surface area contributed by atoms with Crippen LogP contribution in [0, 0.1) is 0 Å². The predicted octanol–water partition coefficient (Wildman–Crippen LogP) is 2.39. The van der Waals surface area contributed by atoms with E-state index in [0.29, 0.717) is 6.54 Å². The smallest absolute Gasteiger partial charge is 0.309 e. The Hall–Kier alpha value is -3.91. The molecule has 1 saturated heterocycles. The maximum Gasteiger partial charge on any atom is 0.309 e. The second-order valence-corrected chi connectivity index (χ2v) is 8.40. The minimum absolute atomic E-state index is 0.0695. The second kappa shape index (κ2) is 12.0. The molecule has 1 aliphatic heterocycles. The first-order chi connectivity index (χ1) is 17.1. The molecular formula is C27H31N5O3. The van der Waals surface area contributed by atoms with Crippen molar-refractivity contribution in [2.24, 2.45) is 0 Å². The molecule has 0 bridgehead atoms. The Morgan fingerprint density at radius 1 is 0.914 bits per heavy atom. The molecule has 1 aromatic heterocycles. The van der Waals surface area contributed by atoms with Crippen molar-refractivity contribution in [2.75, 3.05) is 44.7 Å². The number of hydrogen-bond donors (Lipinski definition) is 2. The number of benzene rings is 2. The Labute approximate surface area is 205 Å². The van der Waals surface area contributed by atoms with E-state index >= 15 is 0 Å². The third-order valence-corrected chi connectivity index (χ3v) is 6.22. The summed E-state index contributed by atoms with van der Waals surface area (Å²) in [4.78, 5) is 33.9. The standard InChI is InChI=1S/C27H31N5O3/c1-35-24-11-9-21(10-12-24)18-29-26(33)27(34)30-20-25(22-6-5-13-28-19-22)32-16-14-31(15-17-32)23-7-3-2-4-8-23/h2-13,19,25H,14-18,20H2,1H3,(H,29,33)(H,30,34)/t25-/m0/s1. The summed E-state index contributed by atoms with van der Waals surface area (Å²) in [7, 11) is 1.60. The van der Waals surface area contributed by atoms with Gasteiger partial charge in [-0.2, -0.15) is 0 Å². The second-order valence-electron chi connectivity index (χ2n) is 8.40. The number of ether oxygens (including phenoxy) is 1. The van der Waals surface area contributed by atoms with E-state index in [0.717, 1.165) is 43.1 Å². The molecule has 0 aliphatic carbocycles. The number of hydrogen-bond acceptors (Lipinski definition) is 6. The minimum Gasteiger partial charge on any atom is -0.497 e. The number of methoxy groups -OCH3 is 1. The van der Waals surface area contributed by atoms with Gasteiger partial charge in [-0.25, -0.2) is 0 Å². The van der Waals surface area contributed by atoms with Crippen molar-refractivity contribution in [2.45, 2.75) is 12.6 Å². The summed E-state index contributed by atoms with van der Waals surface area (Å²) in [5, 5.41) is 5.50. The fourth-order valence-corrected chi connectivity index (χ4v) is 4.24. The van der Waals surface area contributed by atoms with Crippen LogP contribution < -0.4 is 20.3 Å². The first-order valence-electron chi connectivity index (χ1n) is 11.8. The molecule has 0 saturated carbocycles. The van der Waals surface area contributed by atoms with Gasteiger partial charge in [0, 0.05) is 57.3 Å². The van der Waals surface area contributed by atoms with Crippen molar-refractivity contribution < 1.29 is 14.3 Å². The molecule has 2 heterocycles. The number of carbonyl (C=O) groups is 2. The average Bonchev–Trinajstić information content (AvgIpc) is 2.93. The number of amides is 2. The summed E-state index contributed by atoms with van der Waals surface area (Å²) in [6.07, 6.45) is 3.56. The van der Waals surface area contributed by atoms with Crippen LogP contribution in [-0.4, -0.2) is 61.5 Å². The molecule has 1 atom stereocenters. The topological polar surface area (TPSA) is 86.8 Å². The van der Waals surface area contributed by atoms with Gasteiger partial charge in [-0.1, -0.05) is 36.4 Å². The Morgan fingerprint density at radius 3 is 2.29 bits per heavy atom. The van der Waals surface area contributed by atoms with Crippen LogP contribution in [0.1, 0.15) is 17.2 Å². The summed E-state index contributed by atoms with van der Waals surface area (Å²) in [6.45, 7) is 4.05. The number of anilines is 1. The minimum atomic E-state index is -0.653. The van der Waals surface area contributed by atoms with Crippen molar-refractivity contribution in [1.82, 2.24) is 20.5 Å². The van der Waals surface area contributed by atoms with Gasteiger partial charge in [-0.15, -0.1) is 0 Å². The van der Waals surface area contributed by atoms with Crippen molar-refractivity contribution in [1.29, 1.82) is 0 Å². The molecule has 0 unspecified atom stereocenters. The third kappa shape index (κ3) is 6.58. The van der Waals surface area contributed by atoms with E-state index in [4.69, 9.17) is 4.74 Å². The zero-order chi connectivity index (χ0) is 24.5. The summed E-state index contributed by atoms with van der Waals surface area (Å²) < 4.78 is 5.14. The fourth-order valence-electron chi connectivity index (χ4n) is 4.24. The van der Waals surface area contributed by atoms with Crippen LogP contribution in [-0.2, 0) is 16.1 Å². The largest absolute Gasteiger partial charge is 0.497 e. The quantitative estimate of drug-likeness (QED) is 0.489. The first-order valence-corrected chi connectivity index (χ1v) is 11.8. The van der Waals surface area contributed by atoms with Gasteiger partial charge in [0.05, 0.1) is 13.2 Å². The lowest BCUT2D eigenvalue weighted by atomic mass is 10.1. The number of rotatable bonds is 8. The Balaban J connectivity index is 1.33. The molecule has 0 spiro atoms. The van der Waals surface area contributed by atoms with Gasteiger partial charge < -0.3 is 20.3 Å². The van der Waals surface area contributed by atoms with Crippen LogP contribution >= 0.6 is 0 Å². The molecule has 2 N–H and O–H groups in total. The highest BCUT2D eigenvalue weighted by Gasteiger charge is 2.26. The Kier molecular flexibility index (Phi) is 8.30. The van der Waals surface area contributed by atoms with Crippen LogP contribution in [0.15, 0.2) is 79.1 Å². The average molecular weight is 474 g/mol. The van der Waals surface area contributed by atoms with Crippen LogP contribution in [0.25, 0.3) is 0 Å². The number of nitrogens with zero attached hydrogens (tertiary/aromatic N) is 3. The van der Waals surface area contributed by atoms with E-state index in [1.165, 1.54) is 5.69 Å². The lowest BCUT2D eigenvalue weighted by molar-refractivity contribution is -0.139. The van der Waals surface area contributed by atoms with Gasteiger partial charge in [0.1, 0.15) is 5.75 Å². The zero-order valence-electron chi connectivity index (χ0n) is 19.9. The van der Waals surface area contributed by atoms with Crippen molar-refractivity contribution in [3.63, 3.8) is 0 Å². The highest BCUT2D eigenvalue weighted by atomic mass is 16.5. The summed E-state index contributed by atoms with van der Waals surface area (Å²) in [5.41, 5.74) is 3.11. The Bertz CT molecular complexity index is 1080. The summed E-state index contributed by atoms with van der Waals surface area (Å²) in [6, 6.07) is 21.5. The molecule has 182 valence electrons. The molecular weight excluding hydrogens is 442 g/mol. The van der Waals surface area contributed by atoms with Gasteiger partial charge in [-0.3, -0.25) is 19.5 Å². The SMILES string of the molecule is COc1ccc(CNC(=O)C(=O)NC[C@@H](c2cccnc2)N2CCN(c3ccccc3)CC2)cc1. The monoisotopic (exact) mass is 473 g/mol. The van der Waals surface area contributed by atoms with Gasteiger partial charge in [0.2, 0.25) is 0 Å². The number of carbonyl (C=O) groups excluding carboxylic acids is 2. The van der Waals surface area contributed by atoms with Gasteiger partial charge >= 0.3 is 11.8 Å². The number of nitrogens with one attached hydrogen (secondary N) is 2. The van der Waals surface area contributed by atoms with E-state index in [-0.39, 0.29) is 12.6 Å². The number of aromatic nitrogens is 1. The maximum atomic E-state index is 12.5. The normalized spacial score (nSPS) is 14.7. The number of piperazine rings is 1. The van der Waals surface area contributed by atoms with E-state index in [1.54, 1.807) is 13.3 Å². The summed E-state index contributed by atoms with van der Waals surface area (Å²) >= 11 is 0. The van der Waals surface area contributed by atoms with Crippen LogP contribution in [0.4, 0.5) is 5.69 Å². The molecule has 2 amide bonds. The highest BCUT2D eigenvalue weighted by molar-refractivity contribution is 6.35. The maximum absolute atomic E-state index is 12.5. The van der Waals surface area contributed by atoms with E-state index in [1.807, 2.05) is 48.7 Å². The molecule has 0 radical (unpaired) electrons. The van der Waals surface area contributed by atoms with Gasteiger partial charge in [0.15, 0.2) is 0 Å². The molecule has 2 aromatic carbocycles. The van der Waals surface area contributed by atoms with Crippen molar-refractivity contribution >= 4 is 17.5 Å². The lowest BCUT2D eigenvalue weighted by Gasteiger charge is -2.40. The third-order valence-electron chi connectivity index (χ3n) is 6.22. The van der Waals surface area contributed by atoms with Crippen LogP contribution in [0.2, 0.25) is 0 Å². The summed E-state index contributed by atoms with van der Waals surface area (Å²) in [5.74, 6) is -0.557. The molecule has 8 nitrogen and oxygen atoms in total. The molecule has 1 fully saturated rings. The highest BCUT2D eigenvalue weighted by Crippen LogP contribution is 2.23. The zero-order valence-corrected chi connectivity index (χ0v) is 19.9.